The van der Waals surface area contributed by atoms with Gasteiger partial charge in [0.05, 0.1) is 18.8 Å². The summed E-state index contributed by atoms with van der Waals surface area (Å²) in [7, 11) is 0. The molecule has 2 aliphatic heterocycles. The smallest absolute Gasteiger partial charge is 0.223 e. The van der Waals surface area contributed by atoms with Gasteiger partial charge in [-0.15, -0.1) is 12.4 Å². The zero-order valence-corrected chi connectivity index (χ0v) is 12.9. The number of likely N-dealkylation sites (tertiary alicyclic amines) is 1. The van der Waals surface area contributed by atoms with Crippen LogP contribution >= 0.6 is 12.4 Å². The highest BCUT2D eigenvalue weighted by Gasteiger charge is 2.24. The number of carbonyl (C=O) groups is 1. The Morgan fingerprint density at radius 2 is 2.00 bits per heavy atom. The van der Waals surface area contributed by atoms with Gasteiger partial charge in [0, 0.05) is 32.7 Å². The van der Waals surface area contributed by atoms with Crippen LogP contribution in [0.15, 0.2) is 0 Å². The third kappa shape index (κ3) is 5.56. The molecule has 0 bridgehead atoms. The molecule has 1 amide bonds. The average Bonchev–Trinajstić information content (AvgIpc) is 2.47. The zero-order chi connectivity index (χ0) is 13.5. The van der Waals surface area contributed by atoms with Crippen LogP contribution in [0.5, 0.6) is 0 Å². The van der Waals surface area contributed by atoms with Crippen molar-refractivity contribution in [3.05, 3.63) is 0 Å². The van der Waals surface area contributed by atoms with Crippen LogP contribution in [-0.4, -0.2) is 55.9 Å². The van der Waals surface area contributed by atoms with Gasteiger partial charge in [-0.05, 0) is 32.1 Å². The number of hydrogen-bond donors (Lipinski definition) is 1. The first kappa shape index (κ1) is 17.7. The van der Waals surface area contributed by atoms with Gasteiger partial charge in [-0.2, -0.15) is 0 Å². The first-order chi connectivity index (χ1) is 9.29. The van der Waals surface area contributed by atoms with Crippen molar-refractivity contribution in [2.45, 2.75) is 50.7 Å². The second kappa shape index (κ2) is 9.55. The molecule has 2 aliphatic rings. The summed E-state index contributed by atoms with van der Waals surface area (Å²) in [6.45, 7) is 3.62. The third-order valence-electron chi connectivity index (χ3n) is 3.94. The van der Waals surface area contributed by atoms with Gasteiger partial charge in [0.15, 0.2) is 0 Å². The Bertz CT molecular complexity index is 278. The van der Waals surface area contributed by atoms with E-state index in [4.69, 9.17) is 15.2 Å². The fraction of sp³-hybridized carbons (Fsp3) is 0.929. The Hall–Kier alpha value is -0.360. The molecule has 1 unspecified atom stereocenters. The number of nitrogens with two attached hydrogens (primary N) is 1. The van der Waals surface area contributed by atoms with Crippen LogP contribution in [0.1, 0.15) is 38.5 Å². The average molecular weight is 307 g/mol. The lowest BCUT2D eigenvalue weighted by Crippen LogP contribution is -2.42. The van der Waals surface area contributed by atoms with Crippen LogP contribution in [0.2, 0.25) is 0 Å². The number of ether oxygens (including phenoxy) is 2. The van der Waals surface area contributed by atoms with Crippen molar-refractivity contribution in [1.29, 1.82) is 0 Å². The molecule has 5 nitrogen and oxygen atoms in total. The molecule has 0 aromatic carbocycles. The molecule has 2 rings (SSSR count). The van der Waals surface area contributed by atoms with E-state index in [9.17, 15) is 4.79 Å². The van der Waals surface area contributed by atoms with E-state index in [1.165, 1.54) is 12.8 Å². The molecule has 0 aliphatic carbocycles. The van der Waals surface area contributed by atoms with E-state index >= 15 is 0 Å². The van der Waals surface area contributed by atoms with Crippen LogP contribution in [0, 0.1) is 0 Å². The molecule has 1 atom stereocenters. The van der Waals surface area contributed by atoms with Gasteiger partial charge in [-0.1, -0.05) is 0 Å². The fourth-order valence-electron chi connectivity index (χ4n) is 2.74. The predicted molar refractivity (Wildman–Crippen MR) is 80.1 cm³/mol. The van der Waals surface area contributed by atoms with Crippen molar-refractivity contribution in [1.82, 2.24) is 4.90 Å². The van der Waals surface area contributed by atoms with E-state index in [2.05, 4.69) is 0 Å². The van der Waals surface area contributed by atoms with E-state index in [1.807, 2.05) is 4.90 Å². The number of hydrogen-bond acceptors (Lipinski definition) is 4. The molecule has 0 aromatic rings. The van der Waals surface area contributed by atoms with Gasteiger partial charge >= 0.3 is 0 Å². The fourth-order valence-corrected chi connectivity index (χ4v) is 2.74. The molecular formula is C14H27ClN2O3. The first-order valence-electron chi connectivity index (χ1n) is 7.50. The number of amides is 1. The quantitative estimate of drug-likeness (QED) is 0.832. The Labute approximate surface area is 127 Å². The summed E-state index contributed by atoms with van der Waals surface area (Å²) in [6.07, 6.45) is 6.44. The number of nitrogens with zero attached hydrogens (tertiary/aromatic N) is 1. The van der Waals surface area contributed by atoms with Crippen molar-refractivity contribution in [2.75, 3.05) is 32.8 Å². The normalized spacial score (nSPS) is 24.2. The second-order valence-corrected chi connectivity index (χ2v) is 5.44. The standard InChI is InChI=1S/C14H26N2O3.ClH/c15-7-4-14(17)16-8-5-12(6-9-16)19-11-13-3-1-2-10-18-13;/h12-13H,1-11,15H2;1H. The van der Waals surface area contributed by atoms with E-state index < -0.39 is 0 Å². The summed E-state index contributed by atoms with van der Waals surface area (Å²) in [5, 5.41) is 0. The monoisotopic (exact) mass is 306 g/mol. The van der Waals surface area contributed by atoms with Gasteiger partial charge in [0.25, 0.3) is 0 Å². The molecule has 0 saturated carbocycles. The van der Waals surface area contributed by atoms with Gasteiger partial charge in [-0.25, -0.2) is 0 Å². The highest BCUT2D eigenvalue weighted by atomic mass is 35.5. The molecule has 118 valence electrons. The number of halogens is 1. The van der Waals surface area contributed by atoms with E-state index in [0.29, 0.717) is 19.6 Å². The molecule has 2 saturated heterocycles. The maximum atomic E-state index is 11.7. The summed E-state index contributed by atoms with van der Waals surface area (Å²) in [4.78, 5) is 13.6. The molecule has 0 radical (unpaired) electrons. The molecule has 2 N–H and O–H groups in total. The second-order valence-electron chi connectivity index (χ2n) is 5.44. The van der Waals surface area contributed by atoms with Gasteiger partial charge in [0.1, 0.15) is 0 Å². The van der Waals surface area contributed by atoms with Gasteiger partial charge in [0.2, 0.25) is 5.91 Å². The maximum absolute atomic E-state index is 11.7. The molecule has 6 heteroatoms. The molecule has 0 aromatic heterocycles. The number of piperidine rings is 1. The van der Waals surface area contributed by atoms with E-state index in [0.717, 1.165) is 39.0 Å². The molecule has 0 spiro atoms. The maximum Gasteiger partial charge on any atom is 0.223 e. The molecule has 2 fully saturated rings. The largest absolute Gasteiger partial charge is 0.376 e. The Balaban J connectivity index is 0.00000200. The summed E-state index contributed by atoms with van der Waals surface area (Å²) in [5.74, 6) is 0.177. The summed E-state index contributed by atoms with van der Waals surface area (Å²) in [5.41, 5.74) is 5.41. The lowest BCUT2D eigenvalue weighted by Gasteiger charge is -2.33. The van der Waals surface area contributed by atoms with Crippen LogP contribution in [0.25, 0.3) is 0 Å². The molecule has 2 heterocycles. The lowest BCUT2D eigenvalue weighted by molar-refractivity contribution is -0.134. The number of carbonyl (C=O) groups excluding carboxylic acids is 1. The van der Waals surface area contributed by atoms with Gasteiger partial charge in [-0.3, -0.25) is 4.79 Å². The lowest BCUT2D eigenvalue weighted by atomic mass is 10.1. The minimum Gasteiger partial charge on any atom is -0.376 e. The van der Waals surface area contributed by atoms with E-state index in [-0.39, 0.29) is 30.5 Å². The minimum absolute atomic E-state index is 0. The van der Waals surface area contributed by atoms with Crippen LogP contribution in [0.3, 0.4) is 0 Å². The van der Waals surface area contributed by atoms with Crippen LogP contribution in [-0.2, 0) is 14.3 Å². The summed E-state index contributed by atoms with van der Waals surface area (Å²) < 4.78 is 11.6. The minimum atomic E-state index is 0. The zero-order valence-electron chi connectivity index (χ0n) is 12.1. The predicted octanol–water partition coefficient (Wildman–Crippen LogP) is 1.33. The Kier molecular flexibility index (Phi) is 8.45. The van der Waals surface area contributed by atoms with Crippen molar-refractivity contribution in [2.24, 2.45) is 5.73 Å². The van der Waals surface area contributed by atoms with Crippen molar-refractivity contribution in [3.63, 3.8) is 0 Å². The van der Waals surface area contributed by atoms with Crippen molar-refractivity contribution >= 4 is 18.3 Å². The SMILES string of the molecule is Cl.NCCC(=O)N1CCC(OCC2CCCCO2)CC1. The summed E-state index contributed by atoms with van der Waals surface area (Å²) >= 11 is 0. The van der Waals surface area contributed by atoms with Gasteiger partial charge < -0.3 is 20.1 Å². The third-order valence-corrected chi connectivity index (χ3v) is 3.94. The van der Waals surface area contributed by atoms with E-state index in [1.54, 1.807) is 0 Å². The number of rotatable bonds is 5. The van der Waals surface area contributed by atoms with Crippen LogP contribution < -0.4 is 5.73 Å². The van der Waals surface area contributed by atoms with Crippen molar-refractivity contribution < 1.29 is 14.3 Å². The highest BCUT2D eigenvalue weighted by Crippen LogP contribution is 2.18. The Morgan fingerprint density at radius 3 is 2.60 bits per heavy atom. The topological polar surface area (TPSA) is 64.8 Å². The molecule has 20 heavy (non-hydrogen) atoms. The molecular weight excluding hydrogens is 280 g/mol. The first-order valence-corrected chi connectivity index (χ1v) is 7.50. The summed E-state index contributed by atoms with van der Waals surface area (Å²) in [6, 6.07) is 0. The highest BCUT2D eigenvalue weighted by molar-refractivity contribution is 5.85. The van der Waals surface area contributed by atoms with Crippen LogP contribution in [0.4, 0.5) is 0 Å². The van der Waals surface area contributed by atoms with Crippen molar-refractivity contribution in [3.8, 4) is 0 Å². The Morgan fingerprint density at radius 1 is 1.25 bits per heavy atom.